The van der Waals surface area contributed by atoms with E-state index in [0.717, 1.165) is 0 Å². The average molecular weight is 332 g/mol. The van der Waals surface area contributed by atoms with Crippen LogP contribution in [0.1, 0.15) is 0 Å². The summed E-state index contributed by atoms with van der Waals surface area (Å²) in [6.45, 7) is 2.35. The van der Waals surface area contributed by atoms with Crippen LogP contribution in [0, 0.1) is 0 Å². The summed E-state index contributed by atoms with van der Waals surface area (Å²) in [5.74, 6) is 0.225. The monoisotopic (exact) mass is 332 g/mol. The largest absolute Gasteiger partial charge is 0.378 e. The van der Waals surface area contributed by atoms with E-state index in [9.17, 15) is 9.59 Å². The van der Waals surface area contributed by atoms with E-state index in [1.165, 1.54) is 11.8 Å². The Balaban J connectivity index is 1.64. The molecule has 0 bridgehead atoms. The number of nitrogens with one attached hydrogen (secondary N) is 1. The molecular formula is C15H16N4O3S. The minimum atomic E-state index is -0.312. The van der Waals surface area contributed by atoms with E-state index in [1.807, 2.05) is 18.2 Å². The summed E-state index contributed by atoms with van der Waals surface area (Å²) in [6.07, 6.45) is 0. The van der Waals surface area contributed by atoms with Crippen molar-refractivity contribution >= 4 is 17.7 Å². The summed E-state index contributed by atoms with van der Waals surface area (Å²) >= 11 is 1.18. The van der Waals surface area contributed by atoms with Gasteiger partial charge in [0, 0.05) is 18.7 Å². The van der Waals surface area contributed by atoms with E-state index < -0.39 is 0 Å². The number of carbonyl (C=O) groups is 1. The normalized spacial score (nSPS) is 14.7. The van der Waals surface area contributed by atoms with Gasteiger partial charge in [-0.3, -0.25) is 14.6 Å². The van der Waals surface area contributed by atoms with Gasteiger partial charge in [0.2, 0.25) is 5.91 Å². The van der Waals surface area contributed by atoms with Crippen LogP contribution in [-0.4, -0.2) is 58.0 Å². The summed E-state index contributed by atoms with van der Waals surface area (Å²) < 4.78 is 5.21. The van der Waals surface area contributed by atoms with Gasteiger partial charge in [-0.05, 0) is 0 Å². The van der Waals surface area contributed by atoms with E-state index in [2.05, 4.69) is 15.2 Å². The maximum absolute atomic E-state index is 12.1. The first kappa shape index (κ1) is 15.7. The van der Waals surface area contributed by atoms with Gasteiger partial charge in [-0.2, -0.15) is 0 Å². The van der Waals surface area contributed by atoms with Crippen LogP contribution in [0.2, 0.25) is 0 Å². The first-order valence-electron chi connectivity index (χ1n) is 7.25. The van der Waals surface area contributed by atoms with Gasteiger partial charge in [-0.15, -0.1) is 10.2 Å². The number of carbonyl (C=O) groups excluding carboxylic acids is 1. The Hall–Kier alpha value is -2.19. The van der Waals surface area contributed by atoms with Crippen LogP contribution in [0.5, 0.6) is 0 Å². The van der Waals surface area contributed by atoms with Gasteiger partial charge in [0.1, 0.15) is 0 Å². The highest BCUT2D eigenvalue weighted by molar-refractivity contribution is 7.99. The van der Waals surface area contributed by atoms with Gasteiger partial charge in [0.25, 0.3) is 5.56 Å². The van der Waals surface area contributed by atoms with E-state index in [0.29, 0.717) is 37.0 Å². The molecule has 0 atom stereocenters. The molecule has 1 N–H and O–H groups in total. The predicted octanol–water partition coefficient (Wildman–Crippen LogP) is 0.783. The molecule has 1 aliphatic rings. The fraction of sp³-hybridized carbons (Fsp3) is 0.333. The molecule has 0 saturated carbocycles. The standard InChI is InChI=1S/C15H16N4O3S/c20-12(19-6-8-22-9-7-19)10-23-15-16-14(21)13(17-18-15)11-4-2-1-3-5-11/h1-5H,6-10H2,(H,16,18,21). The Bertz CT molecular complexity index is 729. The molecule has 1 aromatic heterocycles. The highest BCUT2D eigenvalue weighted by Gasteiger charge is 2.17. The van der Waals surface area contributed by atoms with Crippen LogP contribution < -0.4 is 5.56 Å². The number of morpholine rings is 1. The topological polar surface area (TPSA) is 88.2 Å². The first-order chi connectivity index (χ1) is 11.2. The van der Waals surface area contributed by atoms with E-state index in [-0.39, 0.29) is 22.9 Å². The lowest BCUT2D eigenvalue weighted by Crippen LogP contribution is -2.41. The van der Waals surface area contributed by atoms with Crippen molar-refractivity contribution in [2.45, 2.75) is 5.16 Å². The zero-order valence-electron chi connectivity index (χ0n) is 12.4. The molecule has 2 heterocycles. The van der Waals surface area contributed by atoms with Crippen LogP contribution in [0.25, 0.3) is 11.3 Å². The van der Waals surface area contributed by atoms with Gasteiger partial charge in [-0.25, -0.2) is 0 Å². The number of hydrogen-bond donors (Lipinski definition) is 1. The summed E-state index contributed by atoms with van der Waals surface area (Å²) in [7, 11) is 0. The molecule has 0 spiro atoms. The predicted molar refractivity (Wildman–Crippen MR) is 86.2 cm³/mol. The third-order valence-corrected chi connectivity index (χ3v) is 4.27. The van der Waals surface area contributed by atoms with Crippen molar-refractivity contribution in [2.24, 2.45) is 0 Å². The van der Waals surface area contributed by atoms with Crippen LogP contribution in [0.3, 0.4) is 0 Å². The summed E-state index contributed by atoms with van der Waals surface area (Å²) in [6, 6.07) is 9.13. The molecule has 3 rings (SSSR count). The maximum atomic E-state index is 12.1. The lowest BCUT2D eigenvalue weighted by molar-refractivity contribution is -0.132. The van der Waals surface area contributed by atoms with Crippen molar-refractivity contribution in [1.82, 2.24) is 20.1 Å². The number of aromatic nitrogens is 3. The van der Waals surface area contributed by atoms with Gasteiger partial charge >= 0.3 is 0 Å². The molecule has 1 saturated heterocycles. The number of aromatic amines is 1. The summed E-state index contributed by atoms with van der Waals surface area (Å²) in [4.78, 5) is 28.6. The zero-order valence-corrected chi connectivity index (χ0v) is 13.2. The molecule has 1 aliphatic heterocycles. The first-order valence-corrected chi connectivity index (χ1v) is 8.23. The smallest absolute Gasteiger partial charge is 0.278 e. The number of benzene rings is 1. The molecule has 1 fully saturated rings. The van der Waals surface area contributed by atoms with Crippen LogP contribution in [-0.2, 0) is 9.53 Å². The summed E-state index contributed by atoms with van der Waals surface area (Å²) in [5, 5.41) is 8.32. The van der Waals surface area contributed by atoms with Crippen molar-refractivity contribution in [1.29, 1.82) is 0 Å². The molecular weight excluding hydrogens is 316 g/mol. The van der Waals surface area contributed by atoms with Crippen molar-refractivity contribution in [3.05, 3.63) is 40.7 Å². The molecule has 23 heavy (non-hydrogen) atoms. The van der Waals surface area contributed by atoms with E-state index >= 15 is 0 Å². The lowest BCUT2D eigenvalue weighted by Gasteiger charge is -2.26. The molecule has 1 aromatic carbocycles. The Morgan fingerprint density at radius 2 is 1.96 bits per heavy atom. The highest BCUT2D eigenvalue weighted by Crippen LogP contribution is 2.14. The van der Waals surface area contributed by atoms with Gasteiger partial charge in [-0.1, -0.05) is 42.1 Å². The molecule has 0 radical (unpaired) electrons. The Morgan fingerprint density at radius 3 is 2.65 bits per heavy atom. The minimum Gasteiger partial charge on any atom is -0.378 e. The zero-order chi connectivity index (χ0) is 16.1. The quantitative estimate of drug-likeness (QED) is 0.833. The Kier molecular flexibility index (Phi) is 5.04. The van der Waals surface area contributed by atoms with Crippen LogP contribution >= 0.6 is 11.8 Å². The maximum Gasteiger partial charge on any atom is 0.278 e. The van der Waals surface area contributed by atoms with E-state index in [4.69, 9.17) is 4.74 Å². The molecule has 1 amide bonds. The molecule has 2 aromatic rings. The Morgan fingerprint density at radius 1 is 1.22 bits per heavy atom. The number of rotatable bonds is 4. The van der Waals surface area contributed by atoms with Crippen molar-refractivity contribution in [3.8, 4) is 11.3 Å². The SMILES string of the molecule is O=C(CSc1nnc(-c2ccccc2)c(=O)[nH]1)N1CCOCC1. The Labute approximate surface area is 137 Å². The molecule has 7 nitrogen and oxygen atoms in total. The van der Waals surface area contributed by atoms with Crippen molar-refractivity contribution < 1.29 is 9.53 Å². The van der Waals surface area contributed by atoms with Crippen molar-refractivity contribution in [3.63, 3.8) is 0 Å². The fourth-order valence-electron chi connectivity index (χ4n) is 2.21. The lowest BCUT2D eigenvalue weighted by atomic mass is 10.2. The number of hydrogen-bond acceptors (Lipinski definition) is 6. The van der Waals surface area contributed by atoms with Crippen LogP contribution in [0.4, 0.5) is 0 Å². The number of thioether (sulfide) groups is 1. The van der Waals surface area contributed by atoms with Crippen molar-refractivity contribution in [2.75, 3.05) is 32.1 Å². The molecule has 0 unspecified atom stereocenters. The molecule has 120 valence electrons. The number of ether oxygens (including phenoxy) is 1. The van der Waals surface area contributed by atoms with Gasteiger partial charge in [0.05, 0.1) is 19.0 Å². The van der Waals surface area contributed by atoms with Crippen LogP contribution in [0.15, 0.2) is 40.3 Å². The van der Waals surface area contributed by atoms with E-state index in [1.54, 1.807) is 17.0 Å². The second-order valence-electron chi connectivity index (χ2n) is 4.96. The third-order valence-electron chi connectivity index (χ3n) is 3.42. The number of nitrogens with zero attached hydrogens (tertiary/aromatic N) is 3. The highest BCUT2D eigenvalue weighted by atomic mass is 32.2. The summed E-state index contributed by atoms with van der Waals surface area (Å²) in [5.41, 5.74) is 0.671. The molecule has 8 heteroatoms. The second kappa shape index (κ2) is 7.38. The number of amides is 1. The third kappa shape index (κ3) is 3.96. The van der Waals surface area contributed by atoms with Gasteiger partial charge in [0.15, 0.2) is 10.9 Å². The average Bonchev–Trinajstić information content (AvgIpc) is 2.61. The fourth-order valence-corrected chi connectivity index (χ4v) is 2.91. The number of H-pyrrole nitrogens is 1. The van der Waals surface area contributed by atoms with Gasteiger partial charge < -0.3 is 9.64 Å². The minimum absolute atomic E-state index is 0.00749. The second-order valence-corrected chi connectivity index (χ2v) is 5.92. The molecule has 0 aliphatic carbocycles.